The fourth-order valence-corrected chi connectivity index (χ4v) is 3.31. The SMILES string of the molecule is O=C1COc2ccc(C(=O)N3CCN(C(=O)Cc4ccc[nH]4)CC3)cc2N1. The van der Waals surface area contributed by atoms with Crippen molar-refractivity contribution in [1.82, 2.24) is 14.8 Å². The summed E-state index contributed by atoms with van der Waals surface area (Å²) in [7, 11) is 0. The van der Waals surface area contributed by atoms with Crippen LogP contribution in [-0.2, 0) is 16.0 Å². The van der Waals surface area contributed by atoms with E-state index in [4.69, 9.17) is 4.74 Å². The number of hydrogen-bond acceptors (Lipinski definition) is 4. The molecule has 1 saturated heterocycles. The number of benzene rings is 1. The van der Waals surface area contributed by atoms with Gasteiger partial charge in [0, 0.05) is 43.6 Å². The molecule has 2 N–H and O–H groups in total. The Hall–Kier alpha value is -3.29. The lowest BCUT2D eigenvalue weighted by atomic mass is 10.1. The van der Waals surface area contributed by atoms with Crippen LogP contribution in [0, 0.1) is 0 Å². The zero-order valence-corrected chi connectivity index (χ0v) is 14.7. The van der Waals surface area contributed by atoms with Gasteiger partial charge in [0.25, 0.3) is 11.8 Å². The predicted molar refractivity (Wildman–Crippen MR) is 97.5 cm³/mol. The van der Waals surface area contributed by atoms with Crippen molar-refractivity contribution < 1.29 is 19.1 Å². The Morgan fingerprint density at radius 3 is 2.59 bits per heavy atom. The number of nitrogens with one attached hydrogen (secondary N) is 2. The van der Waals surface area contributed by atoms with Crippen LogP contribution < -0.4 is 10.1 Å². The van der Waals surface area contributed by atoms with Crippen molar-refractivity contribution in [3.63, 3.8) is 0 Å². The smallest absolute Gasteiger partial charge is 0.262 e. The summed E-state index contributed by atoms with van der Waals surface area (Å²) in [4.78, 5) is 43.1. The highest BCUT2D eigenvalue weighted by Crippen LogP contribution is 2.29. The van der Waals surface area contributed by atoms with Crippen molar-refractivity contribution in [3.8, 4) is 5.75 Å². The third-order valence-corrected chi connectivity index (χ3v) is 4.78. The lowest BCUT2D eigenvalue weighted by molar-refractivity contribution is -0.132. The van der Waals surface area contributed by atoms with Crippen molar-refractivity contribution >= 4 is 23.4 Å². The molecule has 27 heavy (non-hydrogen) atoms. The molecule has 4 rings (SSSR count). The second-order valence-electron chi connectivity index (χ2n) is 6.59. The van der Waals surface area contributed by atoms with Crippen LogP contribution in [0.2, 0.25) is 0 Å². The van der Waals surface area contributed by atoms with Gasteiger partial charge in [0.15, 0.2) is 6.61 Å². The molecule has 2 aromatic rings. The largest absolute Gasteiger partial charge is 0.482 e. The number of H-pyrrole nitrogens is 1. The Morgan fingerprint density at radius 2 is 1.85 bits per heavy atom. The maximum absolute atomic E-state index is 12.8. The maximum atomic E-state index is 12.8. The summed E-state index contributed by atoms with van der Waals surface area (Å²) in [6, 6.07) is 8.78. The Labute approximate surface area is 156 Å². The predicted octanol–water partition coefficient (Wildman–Crippen LogP) is 0.873. The summed E-state index contributed by atoms with van der Waals surface area (Å²) in [6.45, 7) is 1.97. The molecule has 2 aliphatic heterocycles. The van der Waals surface area contributed by atoms with Crippen LogP contribution >= 0.6 is 0 Å². The molecule has 0 spiro atoms. The number of rotatable bonds is 3. The van der Waals surface area contributed by atoms with Gasteiger partial charge in [-0.3, -0.25) is 14.4 Å². The van der Waals surface area contributed by atoms with E-state index in [1.54, 1.807) is 34.2 Å². The Balaban J connectivity index is 1.36. The lowest BCUT2D eigenvalue weighted by Gasteiger charge is -2.35. The normalized spacial score (nSPS) is 16.4. The highest BCUT2D eigenvalue weighted by Gasteiger charge is 2.26. The molecule has 3 amide bonds. The van der Waals surface area contributed by atoms with Gasteiger partial charge in [0.05, 0.1) is 12.1 Å². The number of carbonyl (C=O) groups is 3. The zero-order chi connectivity index (χ0) is 18.8. The number of ether oxygens (including phenoxy) is 1. The van der Waals surface area contributed by atoms with Gasteiger partial charge in [-0.1, -0.05) is 0 Å². The average molecular weight is 368 g/mol. The maximum Gasteiger partial charge on any atom is 0.262 e. The summed E-state index contributed by atoms with van der Waals surface area (Å²) in [5.74, 6) is 0.263. The quantitative estimate of drug-likeness (QED) is 0.841. The van der Waals surface area contributed by atoms with Crippen molar-refractivity contribution in [2.45, 2.75) is 6.42 Å². The molecule has 8 nitrogen and oxygen atoms in total. The van der Waals surface area contributed by atoms with Crippen LogP contribution in [0.5, 0.6) is 5.75 Å². The summed E-state index contributed by atoms with van der Waals surface area (Å²) < 4.78 is 5.32. The van der Waals surface area contributed by atoms with E-state index in [-0.39, 0.29) is 24.3 Å². The van der Waals surface area contributed by atoms with Gasteiger partial charge >= 0.3 is 0 Å². The highest BCUT2D eigenvalue weighted by atomic mass is 16.5. The van der Waals surface area contributed by atoms with E-state index in [0.717, 1.165) is 5.69 Å². The number of fused-ring (bicyclic) bond motifs is 1. The average Bonchev–Trinajstić information content (AvgIpc) is 3.20. The number of piperazine rings is 1. The van der Waals surface area contributed by atoms with Crippen LogP contribution in [0.1, 0.15) is 16.1 Å². The third-order valence-electron chi connectivity index (χ3n) is 4.78. The molecular weight excluding hydrogens is 348 g/mol. The molecule has 2 aliphatic rings. The molecular formula is C19H20N4O4. The van der Waals surface area contributed by atoms with Gasteiger partial charge in [-0.15, -0.1) is 0 Å². The van der Waals surface area contributed by atoms with Crippen molar-refractivity contribution in [3.05, 3.63) is 47.8 Å². The van der Waals surface area contributed by atoms with Crippen LogP contribution in [0.3, 0.4) is 0 Å². The molecule has 8 heteroatoms. The summed E-state index contributed by atoms with van der Waals surface area (Å²) in [6.07, 6.45) is 2.14. The van der Waals surface area contributed by atoms with Crippen LogP contribution in [0.4, 0.5) is 5.69 Å². The number of carbonyl (C=O) groups excluding carboxylic acids is 3. The van der Waals surface area contributed by atoms with E-state index in [0.29, 0.717) is 49.6 Å². The number of hydrogen-bond donors (Lipinski definition) is 2. The minimum Gasteiger partial charge on any atom is -0.482 e. The minimum atomic E-state index is -0.235. The molecule has 0 aliphatic carbocycles. The van der Waals surface area contributed by atoms with E-state index in [9.17, 15) is 14.4 Å². The Bertz CT molecular complexity index is 870. The molecule has 1 aromatic heterocycles. The van der Waals surface area contributed by atoms with Gasteiger partial charge in [0.2, 0.25) is 5.91 Å². The Kier molecular flexibility index (Phi) is 4.53. The number of aromatic nitrogens is 1. The van der Waals surface area contributed by atoms with Crippen LogP contribution in [0.25, 0.3) is 0 Å². The molecule has 0 atom stereocenters. The number of anilines is 1. The van der Waals surface area contributed by atoms with Gasteiger partial charge in [-0.2, -0.15) is 0 Å². The van der Waals surface area contributed by atoms with Gasteiger partial charge < -0.3 is 24.8 Å². The first-order valence-electron chi connectivity index (χ1n) is 8.86. The topological polar surface area (TPSA) is 94.7 Å². The molecule has 1 fully saturated rings. The molecule has 0 saturated carbocycles. The molecule has 0 bridgehead atoms. The van der Waals surface area contributed by atoms with Gasteiger partial charge in [0.1, 0.15) is 5.75 Å². The number of nitrogens with zero attached hydrogens (tertiary/aromatic N) is 2. The van der Waals surface area contributed by atoms with Crippen molar-refractivity contribution in [2.75, 3.05) is 38.1 Å². The Morgan fingerprint density at radius 1 is 1.07 bits per heavy atom. The zero-order valence-electron chi connectivity index (χ0n) is 14.7. The standard InChI is InChI=1S/C19H20N4O4/c24-17-12-27-16-4-3-13(10-15(16)21-17)19(26)23-8-6-22(7-9-23)18(25)11-14-2-1-5-20-14/h1-5,10,20H,6-9,11-12H2,(H,21,24). The summed E-state index contributed by atoms with van der Waals surface area (Å²) in [5.41, 5.74) is 1.89. The highest BCUT2D eigenvalue weighted by molar-refractivity contribution is 6.00. The van der Waals surface area contributed by atoms with Crippen molar-refractivity contribution in [1.29, 1.82) is 0 Å². The molecule has 1 aromatic carbocycles. The van der Waals surface area contributed by atoms with Gasteiger partial charge in [-0.05, 0) is 30.3 Å². The van der Waals surface area contributed by atoms with E-state index < -0.39 is 0 Å². The van der Waals surface area contributed by atoms with E-state index >= 15 is 0 Å². The summed E-state index contributed by atoms with van der Waals surface area (Å²) >= 11 is 0. The fourth-order valence-electron chi connectivity index (χ4n) is 3.31. The monoisotopic (exact) mass is 368 g/mol. The second kappa shape index (κ2) is 7.14. The van der Waals surface area contributed by atoms with Crippen molar-refractivity contribution in [2.24, 2.45) is 0 Å². The fraction of sp³-hybridized carbons (Fsp3) is 0.316. The molecule has 140 valence electrons. The summed E-state index contributed by atoms with van der Waals surface area (Å²) in [5, 5.41) is 2.71. The number of amides is 3. The molecule has 3 heterocycles. The first-order chi connectivity index (χ1) is 13.1. The second-order valence-corrected chi connectivity index (χ2v) is 6.59. The van der Waals surface area contributed by atoms with E-state index in [2.05, 4.69) is 10.3 Å². The molecule has 0 unspecified atom stereocenters. The molecule has 0 radical (unpaired) electrons. The van der Waals surface area contributed by atoms with Crippen LogP contribution in [0.15, 0.2) is 36.5 Å². The first-order valence-corrected chi connectivity index (χ1v) is 8.86. The van der Waals surface area contributed by atoms with Gasteiger partial charge in [-0.25, -0.2) is 0 Å². The lowest BCUT2D eigenvalue weighted by Crippen LogP contribution is -2.51. The first kappa shape index (κ1) is 17.1. The minimum absolute atomic E-state index is 0.0151. The number of aromatic amines is 1. The van der Waals surface area contributed by atoms with E-state index in [1.165, 1.54) is 0 Å². The van der Waals surface area contributed by atoms with Crippen LogP contribution in [-0.4, -0.2) is 65.3 Å². The third kappa shape index (κ3) is 3.64. The van der Waals surface area contributed by atoms with E-state index in [1.807, 2.05) is 12.1 Å².